The predicted octanol–water partition coefficient (Wildman–Crippen LogP) is 3.02. The second-order valence-electron chi connectivity index (χ2n) is 5.09. The number of piperidine rings is 1. The van der Waals surface area contributed by atoms with E-state index in [9.17, 15) is 14.0 Å². The van der Waals surface area contributed by atoms with E-state index >= 15 is 0 Å². The third-order valence-corrected chi connectivity index (χ3v) is 4.58. The summed E-state index contributed by atoms with van der Waals surface area (Å²) in [6.07, 6.45) is 3.22. The van der Waals surface area contributed by atoms with Crippen LogP contribution in [-0.2, 0) is 4.79 Å². The molecule has 21 heavy (non-hydrogen) atoms. The van der Waals surface area contributed by atoms with Crippen LogP contribution in [0.5, 0.6) is 0 Å². The minimum absolute atomic E-state index is 0.0564. The van der Waals surface area contributed by atoms with E-state index in [0.717, 1.165) is 38.4 Å². The monoisotopic (exact) mass is 311 g/mol. The predicted molar refractivity (Wildman–Crippen MR) is 79.1 cm³/mol. The standard InChI is InChI=1S/C15H18FNO3S/c1-10(14(18)17-7-3-2-4-8-17)21-11-5-6-13(16)12(9-11)15(19)20/h5-6,9-10H,2-4,7-8H2,1H3,(H,19,20). The van der Waals surface area contributed by atoms with Crippen LogP contribution in [0.2, 0.25) is 0 Å². The van der Waals surface area contributed by atoms with E-state index < -0.39 is 11.8 Å². The lowest BCUT2D eigenvalue weighted by atomic mass is 10.1. The van der Waals surface area contributed by atoms with Crippen molar-refractivity contribution in [2.75, 3.05) is 13.1 Å². The number of likely N-dealkylation sites (tertiary alicyclic amines) is 1. The molecule has 114 valence electrons. The fraction of sp³-hybridized carbons (Fsp3) is 0.467. The Kier molecular flexibility index (Phi) is 5.22. The number of carbonyl (C=O) groups excluding carboxylic acids is 1. The summed E-state index contributed by atoms with van der Waals surface area (Å²) in [6, 6.07) is 3.92. The third kappa shape index (κ3) is 3.97. The Bertz CT molecular complexity index is 544. The first-order valence-corrected chi connectivity index (χ1v) is 7.85. The molecule has 1 aliphatic rings. The second kappa shape index (κ2) is 6.93. The van der Waals surface area contributed by atoms with Crippen LogP contribution >= 0.6 is 11.8 Å². The van der Waals surface area contributed by atoms with Crippen LogP contribution in [0.1, 0.15) is 36.5 Å². The van der Waals surface area contributed by atoms with Gasteiger partial charge in [-0.3, -0.25) is 4.79 Å². The summed E-state index contributed by atoms with van der Waals surface area (Å²) in [5, 5.41) is 8.60. The highest BCUT2D eigenvalue weighted by Gasteiger charge is 2.23. The summed E-state index contributed by atoms with van der Waals surface area (Å²) in [6.45, 7) is 3.37. The van der Waals surface area contributed by atoms with Crippen molar-refractivity contribution in [1.29, 1.82) is 0 Å². The van der Waals surface area contributed by atoms with Crippen molar-refractivity contribution in [2.24, 2.45) is 0 Å². The number of nitrogens with zero attached hydrogens (tertiary/aromatic N) is 1. The number of rotatable bonds is 4. The normalized spacial score (nSPS) is 16.6. The van der Waals surface area contributed by atoms with E-state index in [2.05, 4.69) is 0 Å². The van der Waals surface area contributed by atoms with Gasteiger partial charge < -0.3 is 10.0 Å². The van der Waals surface area contributed by atoms with Gasteiger partial charge in [-0.25, -0.2) is 9.18 Å². The summed E-state index contributed by atoms with van der Waals surface area (Å²) >= 11 is 1.26. The average Bonchev–Trinajstić information content (AvgIpc) is 2.49. The maximum Gasteiger partial charge on any atom is 0.338 e. The molecule has 2 rings (SSSR count). The maximum atomic E-state index is 13.3. The molecular weight excluding hydrogens is 293 g/mol. The number of hydrogen-bond acceptors (Lipinski definition) is 3. The fourth-order valence-electron chi connectivity index (χ4n) is 2.37. The lowest BCUT2D eigenvalue weighted by Gasteiger charge is -2.29. The number of halogens is 1. The number of amides is 1. The van der Waals surface area contributed by atoms with Crippen molar-refractivity contribution in [3.05, 3.63) is 29.6 Å². The molecule has 1 fully saturated rings. The topological polar surface area (TPSA) is 57.6 Å². The van der Waals surface area contributed by atoms with Crippen LogP contribution in [0.4, 0.5) is 4.39 Å². The summed E-state index contributed by atoms with van der Waals surface area (Å²) in [7, 11) is 0. The molecule has 1 aromatic rings. The minimum Gasteiger partial charge on any atom is -0.478 e. The van der Waals surface area contributed by atoms with Gasteiger partial charge in [0.1, 0.15) is 5.82 Å². The SMILES string of the molecule is CC(Sc1ccc(F)c(C(=O)O)c1)C(=O)N1CCCCC1. The zero-order valence-corrected chi connectivity index (χ0v) is 12.7. The highest BCUT2D eigenvalue weighted by molar-refractivity contribution is 8.00. The highest BCUT2D eigenvalue weighted by atomic mass is 32.2. The summed E-state index contributed by atoms with van der Waals surface area (Å²) < 4.78 is 13.3. The van der Waals surface area contributed by atoms with Gasteiger partial charge in [-0.05, 0) is 44.4 Å². The molecule has 0 bridgehead atoms. The first-order chi connectivity index (χ1) is 9.99. The molecule has 0 radical (unpaired) electrons. The molecule has 0 saturated carbocycles. The largest absolute Gasteiger partial charge is 0.478 e. The van der Waals surface area contributed by atoms with E-state index in [1.807, 2.05) is 4.90 Å². The van der Waals surface area contributed by atoms with Crippen LogP contribution in [0.3, 0.4) is 0 Å². The molecule has 1 heterocycles. The zero-order chi connectivity index (χ0) is 15.4. The second-order valence-corrected chi connectivity index (χ2v) is 6.51. The molecule has 0 spiro atoms. The maximum absolute atomic E-state index is 13.3. The number of benzene rings is 1. The Morgan fingerprint density at radius 1 is 1.29 bits per heavy atom. The van der Waals surface area contributed by atoms with Gasteiger partial charge in [0.25, 0.3) is 0 Å². The zero-order valence-electron chi connectivity index (χ0n) is 11.8. The van der Waals surface area contributed by atoms with Crippen LogP contribution in [0, 0.1) is 5.82 Å². The highest BCUT2D eigenvalue weighted by Crippen LogP contribution is 2.27. The lowest BCUT2D eigenvalue weighted by Crippen LogP contribution is -2.40. The van der Waals surface area contributed by atoms with Crippen molar-refractivity contribution >= 4 is 23.6 Å². The van der Waals surface area contributed by atoms with Crippen molar-refractivity contribution in [3.8, 4) is 0 Å². The van der Waals surface area contributed by atoms with Crippen molar-refractivity contribution in [1.82, 2.24) is 4.90 Å². The Balaban J connectivity index is 2.05. The van der Waals surface area contributed by atoms with E-state index in [0.29, 0.717) is 4.90 Å². The van der Waals surface area contributed by atoms with Gasteiger partial charge >= 0.3 is 5.97 Å². The van der Waals surface area contributed by atoms with Crippen LogP contribution < -0.4 is 0 Å². The molecule has 1 aromatic carbocycles. The molecule has 1 aliphatic heterocycles. The van der Waals surface area contributed by atoms with Gasteiger partial charge in [-0.15, -0.1) is 11.8 Å². The van der Waals surface area contributed by atoms with Gasteiger partial charge in [0.05, 0.1) is 10.8 Å². The van der Waals surface area contributed by atoms with Crippen molar-refractivity contribution in [2.45, 2.75) is 36.3 Å². The van der Waals surface area contributed by atoms with Crippen LogP contribution in [0.25, 0.3) is 0 Å². The van der Waals surface area contributed by atoms with E-state index in [4.69, 9.17) is 5.11 Å². The third-order valence-electron chi connectivity index (χ3n) is 3.50. The summed E-state index contributed by atoms with van der Waals surface area (Å²) in [5.74, 6) is -2.01. The van der Waals surface area contributed by atoms with Crippen LogP contribution in [-0.4, -0.2) is 40.2 Å². The number of carboxylic acid groups (broad SMARTS) is 1. The summed E-state index contributed by atoms with van der Waals surface area (Å²) in [4.78, 5) is 25.7. The number of carboxylic acids is 1. The summed E-state index contributed by atoms with van der Waals surface area (Å²) in [5.41, 5.74) is -0.363. The number of aromatic carboxylic acids is 1. The lowest BCUT2D eigenvalue weighted by molar-refractivity contribution is -0.131. The molecule has 1 unspecified atom stereocenters. The fourth-order valence-corrected chi connectivity index (χ4v) is 3.36. The Hall–Kier alpha value is -1.56. The number of carbonyl (C=O) groups is 2. The molecule has 1 saturated heterocycles. The smallest absolute Gasteiger partial charge is 0.338 e. The molecule has 1 N–H and O–H groups in total. The molecule has 1 amide bonds. The van der Waals surface area contributed by atoms with E-state index in [1.165, 1.54) is 23.9 Å². The van der Waals surface area contributed by atoms with Crippen molar-refractivity contribution in [3.63, 3.8) is 0 Å². The first-order valence-electron chi connectivity index (χ1n) is 6.97. The van der Waals surface area contributed by atoms with Gasteiger partial charge in [0.2, 0.25) is 5.91 Å². The van der Waals surface area contributed by atoms with E-state index in [-0.39, 0.29) is 16.7 Å². The Labute approximate surface area is 127 Å². The minimum atomic E-state index is -1.30. The number of hydrogen-bond donors (Lipinski definition) is 1. The van der Waals surface area contributed by atoms with Gasteiger partial charge in [-0.2, -0.15) is 0 Å². The molecular formula is C15H18FNO3S. The van der Waals surface area contributed by atoms with E-state index in [1.54, 1.807) is 6.92 Å². The van der Waals surface area contributed by atoms with Crippen molar-refractivity contribution < 1.29 is 19.1 Å². The molecule has 0 aromatic heterocycles. The molecule has 0 aliphatic carbocycles. The molecule has 4 nitrogen and oxygen atoms in total. The van der Waals surface area contributed by atoms with Gasteiger partial charge in [0.15, 0.2) is 0 Å². The average molecular weight is 311 g/mol. The quantitative estimate of drug-likeness (QED) is 0.868. The Morgan fingerprint density at radius 3 is 2.57 bits per heavy atom. The molecule has 6 heteroatoms. The van der Waals surface area contributed by atoms with Gasteiger partial charge in [-0.1, -0.05) is 0 Å². The van der Waals surface area contributed by atoms with Crippen LogP contribution in [0.15, 0.2) is 23.1 Å². The molecule has 1 atom stereocenters. The van der Waals surface area contributed by atoms with Gasteiger partial charge in [0, 0.05) is 18.0 Å². The first kappa shape index (κ1) is 15.8. The number of thioether (sulfide) groups is 1. The Morgan fingerprint density at radius 2 is 1.95 bits per heavy atom.